The largest absolute Gasteiger partial charge is 0.480 e. The Morgan fingerprint density at radius 2 is 2.05 bits per heavy atom. The summed E-state index contributed by atoms with van der Waals surface area (Å²) in [5, 5.41) is 9.68. The van der Waals surface area contributed by atoms with Gasteiger partial charge in [0, 0.05) is 16.9 Å². The topological polar surface area (TPSA) is 155 Å². The summed E-state index contributed by atoms with van der Waals surface area (Å²) < 4.78 is 35.2. The lowest BCUT2D eigenvalue weighted by Crippen LogP contribution is -2.35. The monoisotopic (exact) mass is 592 g/mol. The molecule has 3 heterocycles. The van der Waals surface area contributed by atoms with E-state index in [2.05, 4.69) is 30.9 Å². The zero-order chi connectivity index (χ0) is 26.2. The van der Waals surface area contributed by atoms with Crippen LogP contribution < -0.4 is 15.0 Å². The number of carbonyl (C=O) groups is 1. The van der Waals surface area contributed by atoms with Gasteiger partial charge in [-0.25, -0.2) is 9.55 Å². The van der Waals surface area contributed by atoms with Crippen LogP contribution in [0.5, 0.6) is 11.6 Å². The zero-order valence-electron chi connectivity index (χ0n) is 19.9. The van der Waals surface area contributed by atoms with Crippen molar-refractivity contribution in [1.29, 1.82) is 0 Å². The molecule has 0 bridgehead atoms. The van der Waals surface area contributed by atoms with Crippen LogP contribution in [0.15, 0.2) is 47.2 Å². The second-order valence-corrected chi connectivity index (χ2v) is 11.6. The number of anilines is 1. The number of aromatic nitrogens is 4. The number of nitrogen functional groups attached to an aromatic ring is 1. The molecule has 196 valence electrons. The van der Waals surface area contributed by atoms with Crippen LogP contribution in [0.3, 0.4) is 0 Å². The summed E-state index contributed by atoms with van der Waals surface area (Å²) in [6, 6.07) is 5.79. The van der Waals surface area contributed by atoms with Crippen molar-refractivity contribution in [3.05, 3.63) is 47.2 Å². The molecule has 2 aromatic heterocycles. The fourth-order valence-corrected chi connectivity index (χ4v) is 6.92. The maximum Gasteiger partial charge on any atom is 0.462 e. The molecule has 3 aromatic rings. The Bertz CT molecular complexity index is 1380. The molecule has 0 amide bonds. The van der Waals surface area contributed by atoms with Gasteiger partial charge in [0.25, 0.3) is 0 Å². The predicted octanol–water partition coefficient (Wildman–Crippen LogP) is 4.05. The lowest BCUT2D eigenvalue weighted by molar-refractivity contribution is -0.141. The number of fused-ring (bicyclic) bond motifs is 1. The molecule has 0 radical (unpaired) electrons. The fraction of sp³-hybridized carbons (Fsp3) is 0.391. The highest BCUT2D eigenvalue weighted by atomic mass is 79.9. The Hall–Kier alpha value is -2.99. The number of carboxylic acid groups (broad SMARTS) is 1. The molecule has 37 heavy (non-hydrogen) atoms. The molecule has 1 saturated heterocycles. The van der Waals surface area contributed by atoms with Crippen LogP contribution >= 0.6 is 23.7 Å². The first kappa shape index (κ1) is 25.7. The molecule has 5 rings (SSSR count). The first-order valence-corrected chi connectivity index (χ1v) is 14.0. The number of halogens is 1. The van der Waals surface area contributed by atoms with E-state index in [-0.39, 0.29) is 24.5 Å². The van der Waals surface area contributed by atoms with Crippen LogP contribution in [0.2, 0.25) is 0 Å². The molecule has 0 spiro atoms. The lowest BCUT2D eigenvalue weighted by atomic mass is 10.1. The van der Waals surface area contributed by atoms with Crippen molar-refractivity contribution >= 4 is 46.8 Å². The summed E-state index contributed by atoms with van der Waals surface area (Å²) in [7, 11) is -2.48. The quantitative estimate of drug-likeness (QED) is 0.273. The standard InChI is InChI=1S/C23H26BrN6O6P/c1-34-21-19-20(27-23(25)28-21)29(13-26-19)16-7-4-14(11-16)12-35-37(33,30-10-2-3-18(30)22(31)32)36-17-8-5-15(24)6-9-17/h4-9,13-14,16,18H,2-3,10-12H2,1H3,(H,31,32)(H2,25,27,28)/t14-,16+,18+,37?/m1/s1. The number of rotatable bonds is 9. The second kappa shape index (κ2) is 10.4. The van der Waals surface area contributed by atoms with Crippen LogP contribution in [0.25, 0.3) is 11.2 Å². The summed E-state index contributed by atoms with van der Waals surface area (Å²) in [5.74, 6) is -0.440. The second-order valence-electron chi connectivity index (χ2n) is 8.83. The Morgan fingerprint density at radius 3 is 2.78 bits per heavy atom. The fourth-order valence-electron chi connectivity index (χ4n) is 4.64. The molecule has 1 fully saturated rings. The third-order valence-corrected chi connectivity index (χ3v) is 8.97. The van der Waals surface area contributed by atoms with Gasteiger partial charge in [-0.3, -0.25) is 9.32 Å². The molecule has 1 unspecified atom stereocenters. The predicted molar refractivity (Wildman–Crippen MR) is 138 cm³/mol. The number of hydrogen-bond donors (Lipinski definition) is 2. The summed E-state index contributed by atoms with van der Waals surface area (Å²) in [6.07, 6.45) is 7.21. The van der Waals surface area contributed by atoms with Gasteiger partial charge in [0.1, 0.15) is 11.8 Å². The molecule has 3 N–H and O–H groups in total. The van der Waals surface area contributed by atoms with Crippen molar-refractivity contribution in [3.8, 4) is 11.6 Å². The molecule has 1 aliphatic carbocycles. The van der Waals surface area contributed by atoms with Crippen molar-refractivity contribution in [2.45, 2.75) is 31.3 Å². The van der Waals surface area contributed by atoms with Crippen molar-refractivity contribution in [1.82, 2.24) is 24.2 Å². The number of carboxylic acids is 1. The highest BCUT2D eigenvalue weighted by Crippen LogP contribution is 2.56. The van der Waals surface area contributed by atoms with Crippen molar-refractivity contribution < 1.29 is 28.3 Å². The minimum Gasteiger partial charge on any atom is -0.480 e. The van der Waals surface area contributed by atoms with Crippen LogP contribution in [-0.4, -0.2) is 61.6 Å². The number of nitrogens with two attached hydrogens (primary N) is 1. The molecule has 2 aliphatic rings. The SMILES string of the molecule is COc1nc(N)nc2c1ncn2[C@H]1C=C[C@@H](COP(=O)(Oc2ccc(Br)cc2)N2CCC[C@H]2C(=O)O)C1. The number of aliphatic carboxylic acids is 1. The van der Waals surface area contributed by atoms with E-state index in [0.717, 1.165) is 4.47 Å². The first-order valence-electron chi connectivity index (χ1n) is 11.7. The van der Waals surface area contributed by atoms with Gasteiger partial charge in [0.05, 0.1) is 26.1 Å². The maximum absolute atomic E-state index is 14.1. The number of ether oxygens (including phenoxy) is 1. The molecule has 12 nitrogen and oxygen atoms in total. The normalized spacial score (nSPS) is 23.4. The van der Waals surface area contributed by atoms with Gasteiger partial charge >= 0.3 is 13.7 Å². The van der Waals surface area contributed by atoms with E-state index >= 15 is 0 Å². The number of benzene rings is 1. The minimum atomic E-state index is -3.97. The van der Waals surface area contributed by atoms with E-state index < -0.39 is 19.8 Å². The van der Waals surface area contributed by atoms with Gasteiger partial charge in [-0.1, -0.05) is 28.1 Å². The first-order chi connectivity index (χ1) is 17.8. The highest BCUT2D eigenvalue weighted by molar-refractivity contribution is 9.10. The zero-order valence-corrected chi connectivity index (χ0v) is 22.4. The molecule has 1 aliphatic heterocycles. The number of allylic oxidation sites excluding steroid dienone is 1. The van der Waals surface area contributed by atoms with E-state index in [1.807, 2.05) is 16.7 Å². The average Bonchev–Trinajstić information content (AvgIpc) is 3.63. The van der Waals surface area contributed by atoms with Gasteiger partial charge < -0.3 is 24.7 Å². The van der Waals surface area contributed by atoms with E-state index in [1.165, 1.54) is 11.8 Å². The number of hydrogen-bond acceptors (Lipinski definition) is 9. The lowest BCUT2D eigenvalue weighted by Gasteiger charge is -2.30. The highest BCUT2D eigenvalue weighted by Gasteiger charge is 2.46. The van der Waals surface area contributed by atoms with Crippen LogP contribution in [-0.2, 0) is 13.9 Å². The third kappa shape index (κ3) is 5.22. The van der Waals surface area contributed by atoms with Gasteiger partial charge in [0.15, 0.2) is 11.2 Å². The smallest absolute Gasteiger partial charge is 0.462 e. The van der Waals surface area contributed by atoms with Crippen molar-refractivity contribution in [2.75, 3.05) is 26.0 Å². The van der Waals surface area contributed by atoms with E-state index in [1.54, 1.807) is 30.6 Å². The molecule has 0 saturated carbocycles. The Balaban J connectivity index is 1.33. The van der Waals surface area contributed by atoms with Crippen LogP contribution in [0.1, 0.15) is 25.3 Å². The van der Waals surface area contributed by atoms with Gasteiger partial charge in [0.2, 0.25) is 11.8 Å². The van der Waals surface area contributed by atoms with Gasteiger partial charge in [-0.2, -0.15) is 14.6 Å². The molecule has 1 aromatic carbocycles. The van der Waals surface area contributed by atoms with E-state index in [9.17, 15) is 14.5 Å². The molecule has 4 atom stereocenters. The molecule has 14 heteroatoms. The van der Waals surface area contributed by atoms with Gasteiger partial charge in [-0.05, 0) is 43.5 Å². The number of nitrogens with zero attached hydrogens (tertiary/aromatic N) is 5. The van der Waals surface area contributed by atoms with Crippen molar-refractivity contribution in [2.24, 2.45) is 5.92 Å². The summed E-state index contributed by atoms with van der Waals surface area (Å²) in [6.45, 7) is 0.384. The maximum atomic E-state index is 14.1. The van der Waals surface area contributed by atoms with Crippen LogP contribution in [0, 0.1) is 5.92 Å². The molecular weight excluding hydrogens is 567 g/mol. The summed E-state index contributed by atoms with van der Waals surface area (Å²) in [4.78, 5) is 24.6. The van der Waals surface area contributed by atoms with E-state index in [0.29, 0.717) is 48.6 Å². The molecular formula is C23H26BrN6O6P. The number of methoxy groups -OCH3 is 1. The minimum absolute atomic E-state index is 0.0801. The van der Waals surface area contributed by atoms with Crippen molar-refractivity contribution in [3.63, 3.8) is 0 Å². The Morgan fingerprint density at radius 1 is 1.27 bits per heavy atom. The Labute approximate surface area is 221 Å². The number of imidazole rings is 1. The third-order valence-electron chi connectivity index (χ3n) is 6.42. The summed E-state index contributed by atoms with van der Waals surface area (Å²) >= 11 is 3.36. The van der Waals surface area contributed by atoms with Gasteiger partial charge in [-0.15, -0.1) is 0 Å². The Kier molecular flexibility index (Phi) is 7.21. The average molecular weight is 593 g/mol. The van der Waals surface area contributed by atoms with E-state index in [4.69, 9.17) is 19.5 Å². The summed E-state index contributed by atoms with van der Waals surface area (Å²) in [5.41, 5.74) is 6.89. The van der Waals surface area contributed by atoms with Crippen LogP contribution in [0.4, 0.5) is 5.95 Å².